The molecule has 2 aliphatic rings. The molecule has 2 fully saturated rings. The van der Waals surface area contributed by atoms with Crippen molar-refractivity contribution in [3.63, 3.8) is 0 Å². The highest BCUT2D eigenvalue weighted by Crippen LogP contribution is 2.39. The second kappa shape index (κ2) is 6.22. The van der Waals surface area contributed by atoms with E-state index in [0.29, 0.717) is 5.57 Å². The second-order valence-corrected chi connectivity index (χ2v) is 5.41. The summed E-state index contributed by atoms with van der Waals surface area (Å²) in [5.41, 5.74) is 0.395. The highest BCUT2D eigenvalue weighted by atomic mass is 16.6. The Morgan fingerprint density at radius 1 is 1.05 bits per heavy atom. The van der Waals surface area contributed by atoms with E-state index >= 15 is 0 Å². The van der Waals surface area contributed by atoms with Gasteiger partial charge in [-0.2, -0.15) is 0 Å². The summed E-state index contributed by atoms with van der Waals surface area (Å²) in [7, 11) is 0. The van der Waals surface area contributed by atoms with Crippen LogP contribution < -0.4 is 0 Å². The van der Waals surface area contributed by atoms with Gasteiger partial charge in [0, 0.05) is 5.57 Å². The molecule has 2 saturated heterocycles. The van der Waals surface area contributed by atoms with Gasteiger partial charge in [0.1, 0.15) is 6.10 Å². The van der Waals surface area contributed by atoms with E-state index in [2.05, 4.69) is 13.5 Å². The number of ether oxygens (including phenoxy) is 2. The smallest absolute Gasteiger partial charge is 0.348 e. The number of esters is 2. The minimum absolute atomic E-state index is 0.220. The molecule has 0 unspecified atom stereocenters. The third kappa shape index (κ3) is 2.99. The minimum atomic E-state index is -0.731. The largest absolute Gasteiger partial charge is 0.459 e. The Labute approximate surface area is 114 Å². The van der Waals surface area contributed by atoms with E-state index in [1.54, 1.807) is 0 Å². The number of carbonyl (C=O) groups excluding carboxylic acids is 2. The maximum absolute atomic E-state index is 11.6. The van der Waals surface area contributed by atoms with Crippen LogP contribution in [0.1, 0.15) is 51.9 Å². The highest BCUT2D eigenvalue weighted by molar-refractivity contribution is 5.97. The van der Waals surface area contributed by atoms with Gasteiger partial charge in [0.15, 0.2) is 0 Å². The van der Waals surface area contributed by atoms with E-state index in [0.717, 1.165) is 19.3 Å². The quantitative estimate of drug-likeness (QED) is 0.404. The third-order valence-electron chi connectivity index (χ3n) is 3.97. The maximum atomic E-state index is 11.6. The van der Waals surface area contributed by atoms with Crippen molar-refractivity contribution in [2.45, 2.75) is 64.1 Å². The van der Waals surface area contributed by atoms with Gasteiger partial charge in [0.05, 0.1) is 5.92 Å². The van der Waals surface area contributed by atoms with Crippen LogP contribution in [0.15, 0.2) is 12.2 Å². The molecule has 0 spiro atoms. The van der Waals surface area contributed by atoms with Crippen LogP contribution in [0, 0.1) is 5.92 Å². The standard InChI is InChI=1S/C15H22O4/c1-3-4-5-6-7-8-9-11-12-10(2)14(16)19-13(12)15(17)18-11/h11-13H,2-9H2,1H3/t11-,12-,13-/m0/s1. The van der Waals surface area contributed by atoms with Gasteiger partial charge >= 0.3 is 11.9 Å². The van der Waals surface area contributed by atoms with Crippen molar-refractivity contribution in [3.8, 4) is 0 Å². The van der Waals surface area contributed by atoms with Crippen molar-refractivity contribution in [1.82, 2.24) is 0 Å². The van der Waals surface area contributed by atoms with Crippen molar-refractivity contribution in [2.24, 2.45) is 5.92 Å². The van der Waals surface area contributed by atoms with Gasteiger partial charge in [-0.3, -0.25) is 0 Å². The number of cyclic esters (lactones) is 1. The van der Waals surface area contributed by atoms with Crippen LogP contribution in [0.5, 0.6) is 0 Å². The Morgan fingerprint density at radius 3 is 2.47 bits per heavy atom. The summed E-state index contributed by atoms with van der Waals surface area (Å²) < 4.78 is 10.3. The van der Waals surface area contributed by atoms with Crippen LogP contribution >= 0.6 is 0 Å². The number of hydrogen-bond acceptors (Lipinski definition) is 4. The Bertz CT molecular complexity index is 374. The molecule has 3 atom stereocenters. The first-order valence-electron chi connectivity index (χ1n) is 7.25. The van der Waals surface area contributed by atoms with Crippen LogP contribution in [0.25, 0.3) is 0 Å². The summed E-state index contributed by atoms with van der Waals surface area (Å²) in [4.78, 5) is 23.0. The summed E-state index contributed by atoms with van der Waals surface area (Å²) in [6, 6.07) is 0. The van der Waals surface area contributed by atoms with Gasteiger partial charge in [-0.25, -0.2) is 9.59 Å². The molecule has 0 saturated carbocycles. The first-order chi connectivity index (χ1) is 9.15. The van der Waals surface area contributed by atoms with Gasteiger partial charge in [-0.05, 0) is 12.8 Å². The Hall–Kier alpha value is -1.32. The van der Waals surface area contributed by atoms with Crippen LogP contribution in [-0.2, 0) is 19.1 Å². The predicted octanol–water partition coefficient (Wildman–Crippen LogP) is 2.76. The van der Waals surface area contributed by atoms with E-state index < -0.39 is 18.0 Å². The minimum Gasteiger partial charge on any atom is -0.459 e. The molecular weight excluding hydrogens is 244 g/mol. The lowest BCUT2D eigenvalue weighted by Crippen LogP contribution is -2.21. The molecule has 4 nitrogen and oxygen atoms in total. The molecule has 0 amide bonds. The predicted molar refractivity (Wildman–Crippen MR) is 70.4 cm³/mol. The van der Waals surface area contributed by atoms with E-state index in [9.17, 15) is 9.59 Å². The van der Waals surface area contributed by atoms with E-state index in [1.807, 2.05) is 0 Å². The molecule has 2 aliphatic heterocycles. The molecule has 4 heteroatoms. The number of hydrogen-bond donors (Lipinski definition) is 0. The van der Waals surface area contributed by atoms with E-state index in [1.165, 1.54) is 25.7 Å². The molecule has 0 aromatic carbocycles. The van der Waals surface area contributed by atoms with Crippen molar-refractivity contribution >= 4 is 11.9 Å². The van der Waals surface area contributed by atoms with Gasteiger partial charge < -0.3 is 9.47 Å². The zero-order valence-corrected chi connectivity index (χ0v) is 11.5. The van der Waals surface area contributed by atoms with Crippen molar-refractivity contribution in [1.29, 1.82) is 0 Å². The number of fused-ring (bicyclic) bond motifs is 1. The summed E-state index contributed by atoms with van der Waals surface area (Å²) in [6.45, 7) is 5.92. The zero-order chi connectivity index (χ0) is 13.8. The molecule has 0 bridgehead atoms. The number of rotatable bonds is 7. The lowest BCUT2D eigenvalue weighted by molar-refractivity contribution is -0.156. The van der Waals surface area contributed by atoms with Crippen LogP contribution in [0.2, 0.25) is 0 Å². The average Bonchev–Trinajstić information content (AvgIpc) is 2.84. The third-order valence-corrected chi connectivity index (χ3v) is 3.97. The molecule has 2 heterocycles. The van der Waals surface area contributed by atoms with Crippen molar-refractivity contribution < 1.29 is 19.1 Å². The zero-order valence-electron chi connectivity index (χ0n) is 11.5. The second-order valence-electron chi connectivity index (χ2n) is 5.41. The summed E-state index contributed by atoms with van der Waals surface area (Å²) >= 11 is 0. The molecule has 0 aliphatic carbocycles. The molecule has 0 N–H and O–H groups in total. The van der Waals surface area contributed by atoms with Gasteiger partial charge in [-0.15, -0.1) is 0 Å². The van der Waals surface area contributed by atoms with Crippen molar-refractivity contribution in [3.05, 3.63) is 12.2 Å². The fraction of sp³-hybridized carbons (Fsp3) is 0.733. The molecule has 0 aromatic rings. The Balaban J connectivity index is 1.76. The fourth-order valence-corrected chi connectivity index (χ4v) is 2.85. The molecular formula is C15H22O4. The monoisotopic (exact) mass is 266 g/mol. The molecule has 106 valence electrons. The molecule has 2 rings (SSSR count). The SMILES string of the molecule is C=C1C(=O)O[C@@H]2C(=O)O[C@@H](CCCCCCCC)[C@H]12. The van der Waals surface area contributed by atoms with Crippen molar-refractivity contribution in [2.75, 3.05) is 0 Å². The highest BCUT2D eigenvalue weighted by Gasteiger charge is 2.54. The molecule has 0 radical (unpaired) electrons. The number of carbonyl (C=O) groups is 2. The molecule has 19 heavy (non-hydrogen) atoms. The topological polar surface area (TPSA) is 52.6 Å². The summed E-state index contributed by atoms with van der Waals surface area (Å²) in [5.74, 6) is -1.11. The van der Waals surface area contributed by atoms with Gasteiger partial charge in [-0.1, -0.05) is 45.6 Å². The first-order valence-corrected chi connectivity index (χ1v) is 7.25. The first kappa shape index (κ1) is 14.1. The maximum Gasteiger partial charge on any atom is 0.348 e. The average molecular weight is 266 g/mol. The fourth-order valence-electron chi connectivity index (χ4n) is 2.85. The lowest BCUT2D eigenvalue weighted by atomic mass is 9.90. The van der Waals surface area contributed by atoms with Gasteiger partial charge in [0.2, 0.25) is 6.10 Å². The van der Waals surface area contributed by atoms with E-state index in [-0.39, 0.29) is 12.0 Å². The Kier molecular flexibility index (Phi) is 4.61. The summed E-state index contributed by atoms with van der Waals surface area (Å²) in [5, 5.41) is 0. The van der Waals surface area contributed by atoms with E-state index in [4.69, 9.17) is 9.47 Å². The normalized spacial score (nSPS) is 29.3. The lowest BCUT2D eigenvalue weighted by Gasteiger charge is -2.14. The molecule has 0 aromatic heterocycles. The summed E-state index contributed by atoms with van der Waals surface area (Å²) in [6.07, 6.45) is 7.02. The van der Waals surface area contributed by atoms with Crippen LogP contribution in [-0.4, -0.2) is 24.1 Å². The van der Waals surface area contributed by atoms with Crippen LogP contribution in [0.4, 0.5) is 0 Å². The Morgan fingerprint density at radius 2 is 1.74 bits per heavy atom. The van der Waals surface area contributed by atoms with Crippen LogP contribution in [0.3, 0.4) is 0 Å². The van der Waals surface area contributed by atoms with Gasteiger partial charge in [0.25, 0.3) is 0 Å². The number of unbranched alkanes of at least 4 members (excludes halogenated alkanes) is 5.